The molecule has 5 N–H and O–H groups in total. The molecule has 1 aromatic carbocycles. The third kappa shape index (κ3) is 4.47. The van der Waals surface area contributed by atoms with Crippen LogP contribution in [0.3, 0.4) is 0 Å². The molecule has 0 spiro atoms. The summed E-state index contributed by atoms with van der Waals surface area (Å²) in [6.45, 7) is 3.95. The molecule has 35 heavy (non-hydrogen) atoms. The van der Waals surface area contributed by atoms with E-state index in [1.165, 1.54) is 0 Å². The van der Waals surface area contributed by atoms with E-state index in [9.17, 15) is 22.8 Å². The predicted octanol–water partition coefficient (Wildman–Crippen LogP) is 3.75. The molecule has 4 rings (SSSR count). The van der Waals surface area contributed by atoms with Gasteiger partial charge in [0.25, 0.3) is 5.91 Å². The van der Waals surface area contributed by atoms with Gasteiger partial charge in [-0.05, 0) is 39.2 Å². The van der Waals surface area contributed by atoms with Crippen LogP contribution in [0.25, 0.3) is 11.3 Å². The van der Waals surface area contributed by atoms with E-state index in [-0.39, 0.29) is 34.9 Å². The summed E-state index contributed by atoms with van der Waals surface area (Å²) in [7, 11) is 0. The number of benzene rings is 1. The smallest absolute Gasteiger partial charge is 0.383 e. The van der Waals surface area contributed by atoms with Gasteiger partial charge in [0.05, 0.1) is 12.0 Å². The van der Waals surface area contributed by atoms with E-state index in [1.807, 2.05) is 6.92 Å². The molecule has 2 heterocycles. The number of hydrogen-bond acceptors (Lipinski definition) is 6. The second kappa shape index (κ2) is 8.14. The molecule has 0 radical (unpaired) electrons. The minimum absolute atomic E-state index is 0.0731. The van der Waals surface area contributed by atoms with Gasteiger partial charge in [0.2, 0.25) is 11.8 Å². The molecular weight excluding hydrogens is 465 g/mol. The number of aromatic nitrogens is 3. The molecule has 0 unspecified atom stereocenters. The monoisotopic (exact) mass is 490 g/mol. The second-order valence-corrected chi connectivity index (χ2v) is 9.50. The number of nitrogens with one attached hydrogen (secondary N) is 1. The standard InChI is InChI=1S/C23H25F3N6O3/c1-21(2,23(24,25)26)14-11-16(35-31-14)29-15(33)10-12-4-6-13(7-5-12)18-17(20(28)34)19(27)32(30-18)22(3)8-9-22/h4-7,11H,8-10,27H2,1-3H3,(H2,28,34)(H,29,33). The summed E-state index contributed by atoms with van der Waals surface area (Å²) in [5.74, 6) is -1.15. The molecule has 0 saturated heterocycles. The van der Waals surface area contributed by atoms with E-state index in [2.05, 4.69) is 15.6 Å². The normalized spacial score (nSPS) is 15.1. The number of amides is 2. The van der Waals surface area contributed by atoms with Crippen LogP contribution in [0.15, 0.2) is 34.9 Å². The van der Waals surface area contributed by atoms with Crippen molar-refractivity contribution in [1.29, 1.82) is 0 Å². The number of hydrogen-bond donors (Lipinski definition) is 3. The van der Waals surface area contributed by atoms with Crippen molar-refractivity contribution in [1.82, 2.24) is 14.9 Å². The highest BCUT2D eigenvalue weighted by Gasteiger charge is 2.50. The van der Waals surface area contributed by atoms with Crippen LogP contribution in [-0.4, -0.2) is 32.9 Å². The lowest BCUT2D eigenvalue weighted by atomic mass is 9.89. The highest BCUT2D eigenvalue weighted by atomic mass is 19.4. The van der Waals surface area contributed by atoms with Gasteiger partial charge < -0.3 is 16.0 Å². The van der Waals surface area contributed by atoms with Crippen molar-refractivity contribution >= 4 is 23.5 Å². The maximum Gasteiger partial charge on any atom is 0.399 e. The zero-order valence-electron chi connectivity index (χ0n) is 19.4. The van der Waals surface area contributed by atoms with Crippen LogP contribution in [0.1, 0.15) is 55.2 Å². The maximum absolute atomic E-state index is 13.2. The molecule has 1 fully saturated rings. The summed E-state index contributed by atoms with van der Waals surface area (Å²) in [5, 5.41) is 10.4. The van der Waals surface area contributed by atoms with Crippen molar-refractivity contribution in [2.45, 2.75) is 57.2 Å². The molecule has 1 saturated carbocycles. The molecule has 2 aromatic heterocycles. The minimum atomic E-state index is -4.53. The number of nitrogen functional groups attached to an aromatic ring is 1. The first kappa shape index (κ1) is 24.3. The fraction of sp³-hybridized carbons (Fsp3) is 0.391. The number of nitrogens with zero attached hydrogens (tertiary/aromatic N) is 3. The number of alkyl halides is 3. The molecule has 0 bridgehead atoms. The van der Waals surface area contributed by atoms with Crippen LogP contribution in [0.2, 0.25) is 0 Å². The lowest BCUT2D eigenvalue weighted by Gasteiger charge is -2.24. The number of primary amides is 1. The minimum Gasteiger partial charge on any atom is -0.383 e. The summed E-state index contributed by atoms with van der Waals surface area (Å²) >= 11 is 0. The molecule has 0 atom stereocenters. The van der Waals surface area contributed by atoms with Gasteiger partial charge in [-0.2, -0.15) is 18.3 Å². The highest BCUT2D eigenvalue weighted by Crippen LogP contribution is 2.45. The van der Waals surface area contributed by atoms with Crippen LogP contribution in [-0.2, 0) is 22.2 Å². The summed E-state index contributed by atoms with van der Waals surface area (Å²) in [4.78, 5) is 24.4. The Balaban J connectivity index is 1.47. The first-order valence-corrected chi connectivity index (χ1v) is 10.8. The molecule has 186 valence electrons. The van der Waals surface area contributed by atoms with Gasteiger partial charge in [-0.25, -0.2) is 4.68 Å². The van der Waals surface area contributed by atoms with Crippen LogP contribution < -0.4 is 16.8 Å². The highest BCUT2D eigenvalue weighted by molar-refractivity contribution is 6.03. The number of rotatable bonds is 7. The topological polar surface area (TPSA) is 142 Å². The van der Waals surface area contributed by atoms with Crippen molar-refractivity contribution in [3.05, 3.63) is 47.2 Å². The molecular formula is C23H25F3N6O3. The average molecular weight is 490 g/mol. The third-order valence-electron chi connectivity index (χ3n) is 6.37. The van der Waals surface area contributed by atoms with Gasteiger partial charge in [0.1, 0.15) is 28.2 Å². The van der Waals surface area contributed by atoms with E-state index < -0.39 is 23.4 Å². The zero-order valence-corrected chi connectivity index (χ0v) is 19.4. The van der Waals surface area contributed by atoms with Gasteiger partial charge in [0.15, 0.2) is 0 Å². The van der Waals surface area contributed by atoms with E-state index in [4.69, 9.17) is 16.0 Å². The quantitative estimate of drug-likeness (QED) is 0.460. The van der Waals surface area contributed by atoms with Gasteiger partial charge >= 0.3 is 6.18 Å². The summed E-state index contributed by atoms with van der Waals surface area (Å²) < 4.78 is 46.0. The number of halogens is 3. The van der Waals surface area contributed by atoms with Crippen molar-refractivity contribution in [2.75, 3.05) is 11.1 Å². The second-order valence-electron chi connectivity index (χ2n) is 9.50. The van der Waals surface area contributed by atoms with Crippen molar-refractivity contribution in [3.8, 4) is 11.3 Å². The Morgan fingerprint density at radius 3 is 2.37 bits per heavy atom. The number of carbonyl (C=O) groups is 2. The van der Waals surface area contributed by atoms with Crippen molar-refractivity contribution in [2.24, 2.45) is 5.73 Å². The Hall–Kier alpha value is -3.83. The molecule has 12 heteroatoms. The van der Waals surface area contributed by atoms with Gasteiger partial charge in [-0.15, -0.1) is 0 Å². The number of carbonyl (C=O) groups excluding carboxylic acids is 2. The molecule has 2 amide bonds. The fourth-order valence-electron chi connectivity index (χ4n) is 3.60. The van der Waals surface area contributed by atoms with E-state index in [1.54, 1.807) is 28.9 Å². The summed E-state index contributed by atoms with van der Waals surface area (Å²) in [6.07, 6.45) is -2.82. The Labute approximate surface area is 198 Å². The molecule has 3 aromatic rings. The van der Waals surface area contributed by atoms with E-state index in [0.717, 1.165) is 32.8 Å². The summed E-state index contributed by atoms with van der Waals surface area (Å²) in [6, 6.07) is 7.78. The van der Waals surface area contributed by atoms with Gasteiger partial charge in [-0.3, -0.25) is 14.9 Å². The Kier molecular flexibility index (Phi) is 5.65. The number of anilines is 2. The largest absolute Gasteiger partial charge is 0.399 e. The summed E-state index contributed by atoms with van der Waals surface area (Å²) in [5.41, 5.74) is 10.6. The average Bonchev–Trinajstić information content (AvgIpc) is 3.17. The van der Waals surface area contributed by atoms with E-state index in [0.29, 0.717) is 16.8 Å². The predicted molar refractivity (Wildman–Crippen MR) is 121 cm³/mol. The van der Waals surface area contributed by atoms with Crippen LogP contribution in [0.5, 0.6) is 0 Å². The Morgan fingerprint density at radius 2 is 1.83 bits per heavy atom. The zero-order chi connectivity index (χ0) is 25.8. The molecule has 9 nitrogen and oxygen atoms in total. The van der Waals surface area contributed by atoms with Gasteiger partial charge in [-0.1, -0.05) is 29.4 Å². The first-order chi connectivity index (χ1) is 16.2. The number of nitrogens with two attached hydrogens (primary N) is 2. The lowest BCUT2D eigenvalue weighted by molar-refractivity contribution is -0.181. The van der Waals surface area contributed by atoms with Crippen LogP contribution >= 0.6 is 0 Å². The lowest BCUT2D eigenvalue weighted by Crippen LogP contribution is -2.36. The Morgan fingerprint density at radius 1 is 1.20 bits per heavy atom. The molecule has 0 aliphatic heterocycles. The Bertz CT molecular complexity index is 1290. The third-order valence-corrected chi connectivity index (χ3v) is 6.37. The van der Waals surface area contributed by atoms with Crippen molar-refractivity contribution < 1.29 is 27.3 Å². The van der Waals surface area contributed by atoms with Crippen LogP contribution in [0, 0.1) is 0 Å². The SMILES string of the molecule is CC1(n2nc(-c3ccc(CC(=O)Nc4cc(C(C)(C)C(F)(F)F)no4)cc3)c(C(N)=O)c2N)CC1. The fourth-order valence-corrected chi connectivity index (χ4v) is 3.60. The molecule has 1 aliphatic carbocycles. The van der Waals surface area contributed by atoms with E-state index >= 15 is 0 Å². The maximum atomic E-state index is 13.2. The van der Waals surface area contributed by atoms with Crippen molar-refractivity contribution in [3.63, 3.8) is 0 Å². The van der Waals surface area contributed by atoms with Gasteiger partial charge in [0, 0.05) is 11.6 Å². The first-order valence-electron chi connectivity index (χ1n) is 10.8. The molecule has 1 aliphatic rings. The van der Waals surface area contributed by atoms with Crippen LogP contribution in [0.4, 0.5) is 24.9 Å².